The summed E-state index contributed by atoms with van der Waals surface area (Å²) in [7, 11) is 1.49. The normalized spacial score (nSPS) is 11.5. The van der Waals surface area contributed by atoms with Gasteiger partial charge in [-0.3, -0.25) is 4.79 Å². The fourth-order valence-corrected chi connectivity index (χ4v) is 3.30. The predicted molar refractivity (Wildman–Crippen MR) is 119 cm³/mol. The highest BCUT2D eigenvalue weighted by Crippen LogP contribution is 2.40. The van der Waals surface area contributed by atoms with Crippen LogP contribution in [0.4, 0.5) is 0 Å². The number of hydrogen-bond donors (Lipinski definition) is 1. The second-order valence-electron chi connectivity index (χ2n) is 7.18. The summed E-state index contributed by atoms with van der Waals surface area (Å²) in [5, 5.41) is 10.5. The third-order valence-corrected chi connectivity index (χ3v) is 4.92. The molecule has 0 bridgehead atoms. The first-order valence-corrected chi connectivity index (χ1v) is 9.80. The topological polar surface area (TPSA) is 72.8 Å². The van der Waals surface area contributed by atoms with E-state index in [2.05, 4.69) is 6.58 Å². The molecule has 5 nitrogen and oxygen atoms in total. The molecule has 5 heteroatoms. The Labute approximate surface area is 181 Å². The van der Waals surface area contributed by atoms with Crippen LogP contribution in [-0.4, -0.2) is 24.0 Å². The summed E-state index contributed by atoms with van der Waals surface area (Å²) in [5.41, 5.74) is 2.99. The Morgan fingerprint density at radius 1 is 0.968 bits per heavy atom. The zero-order valence-corrected chi connectivity index (χ0v) is 17.7. The van der Waals surface area contributed by atoms with Crippen LogP contribution in [0, 0.1) is 0 Å². The molecule has 0 spiro atoms. The zero-order chi connectivity index (χ0) is 22.5. The summed E-state index contributed by atoms with van der Waals surface area (Å²) in [6.45, 7) is 6.97. The summed E-state index contributed by atoms with van der Waals surface area (Å²) in [4.78, 5) is 25.0. The van der Waals surface area contributed by atoms with E-state index in [4.69, 9.17) is 9.47 Å². The first-order valence-electron chi connectivity index (χ1n) is 9.80. The van der Waals surface area contributed by atoms with Crippen molar-refractivity contribution < 1.29 is 24.2 Å². The predicted octanol–water partition coefficient (Wildman–Crippen LogP) is 5.48. The van der Waals surface area contributed by atoms with Gasteiger partial charge in [0.25, 0.3) is 0 Å². The molecule has 0 radical (unpaired) electrons. The third-order valence-electron chi connectivity index (χ3n) is 4.92. The number of methoxy groups -OCH3 is 1. The van der Waals surface area contributed by atoms with Crippen LogP contribution < -0.4 is 4.74 Å². The van der Waals surface area contributed by atoms with Gasteiger partial charge in [-0.2, -0.15) is 0 Å². The Morgan fingerprint density at radius 3 is 2.26 bits per heavy atom. The number of ketones is 1. The van der Waals surface area contributed by atoms with E-state index in [1.165, 1.54) is 13.2 Å². The Bertz CT molecular complexity index is 1130. The van der Waals surface area contributed by atoms with E-state index in [1.54, 1.807) is 44.2 Å². The molecule has 3 aromatic carbocycles. The maximum atomic E-state index is 13.0. The molecule has 158 valence electrons. The largest absolute Gasteiger partial charge is 0.507 e. The first-order chi connectivity index (χ1) is 14.8. The molecule has 3 rings (SSSR count). The maximum Gasteiger partial charge on any atom is 0.333 e. The van der Waals surface area contributed by atoms with E-state index in [9.17, 15) is 14.7 Å². The highest BCUT2D eigenvalue weighted by Gasteiger charge is 2.22. The van der Waals surface area contributed by atoms with Gasteiger partial charge in [-0.25, -0.2) is 4.79 Å². The Balaban J connectivity index is 2.12. The molecular formula is C26H24O5. The van der Waals surface area contributed by atoms with Gasteiger partial charge in [0, 0.05) is 28.3 Å². The third kappa shape index (κ3) is 4.67. The number of hydrogen-bond acceptors (Lipinski definition) is 5. The van der Waals surface area contributed by atoms with E-state index in [0.717, 1.165) is 11.1 Å². The van der Waals surface area contributed by atoms with Gasteiger partial charge in [-0.15, -0.1) is 0 Å². The molecule has 0 saturated carbocycles. The van der Waals surface area contributed by atoms with Gasteiger partial charge in [0.05, 0.1) is 12.7 Å². The van der Waals surface area contributed by atoms with Gasteiger partial charge in [0.2, 0.25) is 0 Å². The lowest BCUT2D eigenvalue weighted by atomic mass is 9.92. The second kappa shape index (κ2) is 9.30. The molecule has 1 unspecified atom stereocenters. The molecule has 0 amide bonds. The number of rotatable bonds is 7. The number of phenols is 1. The molecule has 31 heavy (non-hydrogen) atoms. The molecule has 1 atom stereocenters. The highest BCUT2D eigenvalue weighted by atomic mass is 16.5. The molecule has 0 aliphatic carbocycles. The zero-order valence-electron chi connectivity index (χ0n) is 17.7. The smallest absolute Gasteiger partial charge is 0.333 e. The Hall–Kier alpha value is -3.86. The standard InChI is InChI=1S/C26H24O5/c1-16(2)26(29)31-17(3)19-12-8-9-13-20(19)21-14-22(23(27)15-24(21)30-4)25(28)18-10-6-5-7-11-18/h5-15,17,27H,1H2,2-4H3. The quantitative estimate of drug-likeness (QED) is 0.314. The van der Waals surface area contributed by atoms with Crippen molar-refractivity contribution in [2.75, 3.05) is 7.11 Å². The van der Waals surface area contributed by atoms with Crippen LogP contribution in [0.25, 0.3) is 11.1 Å². The molecule has 3 aromatic rings. The van der Waals surface area contributed by atoms with Crippen molar-refractivity contribution >= 4 is 11.8 Å². The average molecular weight is 416 g/mol. The number of benzene rings is 3. The van der Waals surface area contributed by atoms with Crippen LogP contribution in [-0.2, 0) is 9.53 Å². The molecule has 0 saturated heterocycles. The van der Waals surface area contributed by atoms with Crippen LogP contribution in [0.15, 0.2) is 78.9 Å². The summed E-state index contributed by atoms with van der Waals surface area (Å²) < 4.78 is 11.0. The lowest BCUT2D eigenvalue weighted by Crippen LogP contribution is -2.10. The minimum Gasteiger partial charge on any atom is -0.507 e. The summed E-state index contributed by atoms with van der Waals surface area (Å²) in [5.74, 6) is -0.567. The molecule has 0 aromatic heterocycles. The van der Waals surface area contributed by atoms with Crippen LogP contribution in [0.3, 0.4) is 0 Å². The first kappa shape index (κ1) is 21.8. The van der Waals surface area contributed by atoms with Crippen molar-refractivity contribution in [3.8, 4) is 22.6 Å². The van der Waals surface area contributed by atoms with Crippen LogP contribution >= 0.6 is 0 Å². The van der Waals surface area contributed by atoms with Crippen molar-refractivity contribution in [3.63, 3.8) is 0 Å². The number of aromatic hydroxyl groups is 1. The van der Waals surface area contributed by atoms with Crippen LogP contribution in [0.1, 0.15) is 41.4 Å². The van der Waals surface area contributed by atoms with E-state index >= 15 is 0 Å². The van der Waals surface area contributed by atoms with Gasteiger partial charge in [0.15, 0.2) is 5.78 Å². The van der Waals surface area contributed by atoms with Gasteiger partial charge in [0.1, 0.15) is 17.6 Å². The van der Waals surface area contributed by atoms with E-state index in [1.807, 2.05) is 30.3 Å². The van der Waals surface area contributed by atoms with E-state index < -0.39 is 12.1 Å². The summed E-state index contributed by atoms with van der Waals surface area (Å²) in [6.07, 6.45) is -0.563. The monoisotopic (exact) mass is 416 g/mol. The average Bonchev–Trinajstić information content (AvgIpc) is 2.78. The van der Waals surface area contributed by atoms with E-state index in [-0.39, 0.29) is 17.1 Å². The second-order valence-corrected chi connectivity index (χ2v) is 7.18. The van der Waals surface area contributed by atoms with Crippen molar-refractivity contribution in [1.29, 1.82) is 0 Å². The number of phenolic OH excluding ortho intramolecular Hbond substituents is 1. The lowest BCUT2D eigenvalue weighted by Gasteiger charge is -2.20. The minimum absolute atomic E-state index is 0.156. The van der Waals surface area contributed by atoms with Crippen LogP contribution in [0.5, 0.6) is 11.5 Å². The van der Waals surface area contributed by atoms with Crippen molar-refractivity contribution in [2.24, 2.45) is 0 Å². The van der Waals surface area contributed by atoms with Crippen molar-refractivity contribution in [1.82, 2.24) is 0 Å². The summed E-state index contributed by atoms with van der Waals surface area (Å²) >= 11 is 0. The van der Waals surface area contributed by atoms with Gasteiger partial charge in [-0.05, 0) is 25.5 Å². The molecule has 0 aliphatic rings. The van der Waals surface area contributed by atoms with Crippen molar-refractivity contribution in [3.05, 3.63) is 95.6 Å². The Kier molecular flexibility index (Phi) is 6.55. The fraction of sp³-hybridized carbons (Fsp3) is 0.154. The van der Waals surface area contributed by atoms with Gasteiger partial charge < -0.3 is 14.6 Å². The van der Waals surface area contributed by atoms with E-state index in [0.29, 0.717) is 22.4 Å². The van der Waals surface area contributed by atoms with Crippen molar-refractivity contribution in [2.45, 2.75) is 20.0 Å². The number of ether oxygens (including phenoxy) is 2. The fourth-order valence-electron chi connectivity index (χ4n) is 3.30. The lowest BCUT2D eigenvalue weighted by molar-refractivity contribution is -0.143. The molecule has 0 heterocycles. The molecule has 1 N–H and O–H groups in total. The highest BCUT2D eigenvalue weighted by molar-refractivity contribution is 6.11. The van der Waals surface area contributed by atoms with Crippen LogP contribution in [0.2, 0.25) is 0 Å². The minimum atomic E-state index is -0.563. The number of carbonyl (C=O) groups is 2. The molecule has 0 fully saturated rings. The molecule has 0 aliphatic heterocycles. The number of carbonyl (C=O) groups excluding carboxylic acids is 2. The van der Waals surface area contributed by atoms with Gasteiger partial charge in [-0.1, -0.05) is 61.2 Å². The maximum absolute atomic E-state index is 13.0. The Morgan fingerprint density at radius 2 is 1.61 bits per heavy atom. The summed E-state index contributed by atoms with van der Waals surface area (Å²) in [6, 6.07) is 19.1. The van der Waals surface area contributed by atoms with Gasteiger partial charge >= 0.3 is 5.97 Å². The molecular weight excluding hydrogens is 392 g/mol. The number of esters is 1. The SMILES string of the molecule is C=C(C)C(=O)OC(C)c1ccccc1-c1cc(C(=O)c2ccccc2)c(O)cc1OC.